The molecule has 1 heterocycles. The van der Waals surface area contributed by atoms with Crippen LogP contribution in [0.4, 0.5) is 13.2 Å². The molecule has 0 unspecified atom stereocenters. The van der Waals surface area contributed by atoms with E-state index in [0.29, 0.717) is 11.5 Å². The molecule has 0 saturated carbocycles. The third-order valence-corrected chi connectivity index (χ3v) is 2.50. The highest BCUT2D eigenvalue weighted by molar-refractivity contribution is 5.54. The smallest absolute Gasteiger partial charge is 0.329 e. The second-order valence-corrected chi connectivity index (χ2v) is 4.20. The maximum Gasteiger partial charge on any atom is 0.471 e. The van der Waals surface area contributed by atoms with Crippen LogP contribution in [0, 0.1) is 0 Å². The van der Waals surface area contributed by atoms with E-state index in [1.165, 1.54) is 0 Å². The van der Waals surface area contributed by atoms with E-state index in [1.54, 1.807) is 12.1 Å². The van der Waals surface area contributed by atoms with Gasteiger partial charge in [-0.1, -0.05) is 43.3 Å². The fourth-order valence-corrected chi connectivity index (χ4v) is 1.47. The first-order valence-electron chi connectivity index (χ1n) is 5.39. The number of aromatic nitrogens is 2. The van der Waals surface area contributed by atoms with Gasteiger partial charge in [-0.25, -0.2) is 0 Å². The van der Waals surface area contributed by atoms with Gasteiger partial charge in [0.25, 0.3) is 0 Å². The lowest BCUT2D eigenvalue weighted by Crippen LogP contribution is -2.04. The van der Waals surface area contributed by atoms with Crippen molar-refractivity contribution in [3.63, 3.8) is 0 Å². The van der Waals surface area contributed by atoms with Gasteiger partial charge in [0.2, 0.25) is 5.82 Å². The van der Waals surface area contributed by atoms with E-state index in [0.717, 1.165) is 5.56 Å². The molecule has 0 fully saturated rings. The number of nitrogens with zero attached hydrogens (tertiary/aromatic N) is 2. The fraction of sp³-hybridized carbons (Fsp3) is 0.333. The van der Waals surface area contributed by atoms with Crippen LogP contribution in [0.5, 0.6) is 0 Å². The number of rotatable bonds is 2. The van der Waals surface area contributed by atoms with Gasteiger partial charge in [0, 0.05) is 5.56 Å². The fourth-order valence-electron chi connectivity index (χ4n) is 1.47. The van der Waals surface area contributed by atoms with Gasteiger partial charge in [-0.3, -0.25) is 0 Å². The highest BCUT2D eigenvalue weighted by Gasteiger charge is 2.38. The molecule has 0 saturated heterocycles. The van der Waals surface area contributed by atoms with Gasteiger partial charge in [-0.2, -0.15) is 18.2 Å². The molecule has 0 bridgehead atoms. The van der Waals surface area contributed by atoms with Gasteiger partial charge in [0.05, 0.1) is 0 Å². The third-order valence-electron chi connectivity index (χ3n) is 2.50. The second-order valence-electron chi connectivity index (χ2n) is 4.20. The van der Waals surface area contributed by atoms with Crippen molar-refractivity contribution in [2.24, 2.45) is 0 Å². The predicted molar refractivity (Wildman–Crippen MR) is 58.8 cm³/mol. The Bertz CT molecular complexity index is 529. The van der Waals surface area contributed by atoms with Gasteiger partial charge in [0.15, 0.2) is 0 Å². The summed E-state index contributed by atoms with van der Waals surface area (Å²) in [5.41, 5.74) is 1.59. The molecule has 0 spiro atoms. The summed E-state index contributed by atoms with van der Waals surface area (Å²) in [6.45, 7) is 4.07. The lowest BCUT2D eigenvalue weighted by molar-refractivity contribution is -0.159. The highest BCUT2D eigenvalue weighted by atomic mass is 19.4. The van der Waals surface area contributed by atoms with Crippen molar-refractivity contribution < 1.29 is 17.7 Å². The SMILES string of the molecule is CC(C)c1ccc(-c2noc(C(F)(F)F)n2)cc1. The Morgan fingerprint density at radius 3 is 2.17 bits per heavy atom. The summed E-state index contributed by atoms with van der Waals surface area (Å²) in [5, 5.41) is 3.32. The molecule has 96 valence electrons. The summed E-state index contributed by atoms with van der Waals surface area (Å²) in [7, 11) is 0. The quantitative estimate of drug-likeness (QED) is 0.818. The van der Waals surface area contributed by atoms with Crippen molar-refractivity contribution in [3.8, 4) is 11.4 Å². The van der Waals surface area contributed by atoms with Crippen LogP contribution >= 0.6 is 0 Å². The van der Waals surface area contributed by atoms with E-state index in [2.05, 4.69) is 14.7 Å². The van der Waals surface area contributed by atoms with Crippen LogP contribution in [0.1, 0.15) is 31.2 Å². The lowest BCUT2D eigenvalue weighted by atomic mass is 10.0. The predicted octanol–water partition coefficient (Wildman–Crippen LogP) is 3.88. The Morgan fingerprint density at radius 2 is 1.72 bits per heavy atom. The first kappa shape index (κ1) is 12.6. The lowest BCUT2D eigenvalue weighted by Gasteiger charge is -2.04. The molecule has 0 amide bonds. The van der Waals surface area contributed by atoms with Crippen molar-refractivity contribution in [1.29, 1.82) is 0 Å². The maximum absolute atomic E-state index is 12.3. The molecule has 2 rings (SSSR count). The number of benzene rings is 1. The van der Waals surface area contributed by atoms with Crippen LogP contribution in [0.15, 0.2) is 28.8 Å². The summed E-state index contributed by atoms with van der Waals surface area (Å²) in [6, 6.07) is 7.04. The van der Waals surface area contributed by atoms with Gasteiger partial charge in [-0.05, 0) is 11.5 Å². The largest absolute Gasteiger partial charge is 0.471 e. The van der Waals surface area contributed by atoms with E-state index in [-0.39, 0.29) is 5.82 Å². The molecule has 0 N–H and O–H groups in total. The van der Waals surface area contributed by atoms with Crippen LogP contribution < -0.4 is 0 Å². The summed E-state index contributed by atoms with van der Waals surface area (Å²) in [5.74, 6) is -1.03. The summed E-state index contributed by atoms with van der Waals surface area (Å²) in [6.07, 6.45) is -4.61. The van der Waals surface area contributed by atoms with Crippen LogP contribution in [0.2, 0.25) is 0 Å². The zero-order chi connectivity index (χ0) is 13.3. The maximum atomic E-state index is 12.3. The average Bonchev–Trinajstić information content (AvgIpc) is 2.78. The number of hydrogen-bond donors (Lipinski definition) is 0. The standard InChI is InChI=1S/C12H11F3N2O/c1-7(2)8-3-5-9(6-4-8)10-16-11(18-17-10)12(13,14)15/h3-7H,1-2H3. The number of alkyl halides is 3. The molecule has 1 aromatic carbocycles. The monoisotopic (exact) mass is 256 g/mol. The second kappa shape index (κ2) is 4.44. The Hall–Kier alpha value is -1.85. The van der Waals surface area contributed by atoms with E-state index in [1.807, 2.05) is 26.0 Å². The molecule has 0 radical (unpaired) electrons. The van der Waals surface area contributed by atoms with Crippen molar-refractivity contribution in [3.05, 3.63) is 35.7 Å². The molecule has 3 nitrogen and oxygen atoms in total. The molecule has 1 aromatic heterocycles. The molecule has 0 aliphatic rings. The number of halogens is 3. The van der Waals surface area contributed by atoms with Crippen LogP contribution in [0.25, 0.3) is 11.4 Å². The van der Waals surface area contributed by atoms with E-state index in [4.69, 9.17) is 0 Å². The zero-order valence-corrected chi connectivity index (χ0v) is 9.82. The van der Waals surface area contributed by atoms with E-state index >= 15 is 0 Å². The van der Waals surface area contributed by atoms with Gasteiger partial charge >= 0.3 is 12.1 Å². The summed E-state index contributed by atoms with van der Waals surface area (Å²) >= 11 is 0. The Morgan fingerprint density at radius 1 is 1.11 bits per heavy atom. The van der Waals surface area contributed by atoms with Crippen LogP contribution in [-0.2, 0) is 6.18 Å². The van der Waals surface area contributed by atoms with Gasteiger partial charge in [-0.15, -0.1) is 0 Å². The highest BCUT2D eigenvalue weighted by Crippen LogP contribution is 2.29. The molecule has 18 heavy (non-hydrogen) atoms. The minimum absolute atomic E-state index is 0.0577. The minimum atomic E-state index is -4.61. The summed E-state index contributed by atoms with van der Waals surface area (Å²) < 4.78 is 41.0. The van der Waals surface area contributed by atoms with Crippen LogP contribution in [0.3, 0.4) is 0 Å². The normalized spacial score (nSPS) is 12.1. The van der Waals surface area contributed by atoms with E-state index < -0.39 is 12.1 Å². The molecular weight excluding hydrogens is 245 g/mol. The molecular formula is C12H11F3N2O. The summed E-state index contributed by atoms with van der Waals surface area (Å²) in [4.78, 5) is 3.32. The Kier molecular flexibility index (Phi) is 3.11. The number of hydrogen-bond acceptors (Lipinski definition) is 3. The molecule has 0 aliphatic carbocycles. The van der Waals surface area contributed by atoms with Crippen molar-refractivity contribution in [2.75, 3.05) is 0 Å². The topological polar surface area (TPSA) is 38.9 Å². The minimum Gasteiger partial charge on any atom is -0.329 e. The molecule has 0 atom stereocenters. The first-order valence-corrected chi connectivity index (χ1v) is 5.39. The molecule has 6 heteroatoms. The van der Waals surface area contributed by atoms with Gasteiger partial charge < -0.3 is 4.52 Å². The Balaban J connectivity index is 2.29. The van der Waals surface area contributed by atoms with Crippen molar-refractivity contribution >= 4 is 0 Å². The third kappa shape index (κ3) is 2.52. The van der Waals surface area contributed by atoms with Gasteiger partial charge in [0.1, 0.15) is 0 Å². The average molecular weight is 256 g/mol. The van der Waals surface area contributed by atoms with Crippen LogP contribution in [-0.4, -0.2) is 10.1 Å². The molecule has 0 aliphatic heterocycles. The Labute approximate surface area is 102 Å². The molecule has 2 aromatic rings. The van der Waals surface area contributed by atoms with Crippen molar-refractivity contribution in [2.45, 2.75) is 25.9 Å². The zero-order valence-electron chi connectivity index (χ0n) is 9.82. The first-order chi connectivity index (χ1) is 8.38. The van der Waals surface area contributed by atoms with E-state index in [9.17, 15) is 13.2 Å². The van der Waals surface area contributed by atoms with Crippen molar-refractivity contribution in [1.82, 2.24) is 10.1 Å².